The van der Waals surface area contributed by atoms with Crippen molar-refractivity contribution in [2.75, 3.05) is 0 Å². The van der Waals surface area contributed by atoms with Gasteiger partial charge in [0.2, 0.25) is 0 Å². The maximum atomic E-state index is 12.4. The molecular formula is C11H9ClF2N2O. The summed E-state index contributed by atoms with van der Waals surface area (Å²) in [5, 5.41) is 6.74. The van der Waals surface area contributed by atoms with Crippen LogP contribution in [0.4, 0.5) is 8.78 Å². The molecule has 1 aromatic rings. The van der Waals surface area contributed by atoms with E-state index in [1.807, 2.05) is 6.07 Å². The second-order valence-corrected chi connectivity index (χ2v) is 3.90. The molecule has 1 rings (SSSR count). The highest BCUT2D eigenvalue weighted by Crippen LogP contribution is 2.21. The molecule has 3 nitrogen and oxygen atoms in total. The second kappa shape index (κ2) is 5.11. The van der Waals surface area contributed by atoms with Crippen LogP contribution in [0.1, 0.15) is 24.1 Å². The summed E-state index contributed by atoms with van der Waals surface area (Å²) in [5.74, 6) is -1.55. The van der Waals surface area contributed by atoms with Crippen LogP contribution in [0.25, 0.3) is 0 Å². The molecule has 0 aliphatic heterocycles. The molecule has 0 bridgehead atoms. The van der Waals surface area contributed by atoms with Crippen molar-refractivity contribution in [2.45, 2.75) is 18.3 Å². The largest absolute Gasteiger partial charge is 0.399 e. The van der Waals surface area contributed by atoms with Gasteiger partial charge in [-0.2, -0.15) is 14.0 Å². The summed E-state index contributed by atoms with van der Waals surface area (Å²) < 4.78 is 24.8. The van der Waals surface area contributed by atoms with E-state index in [-0.39, 0.29) is 0 Å². The highest BCUT2D eigenvalue weighted by atomic mass is 35.5. The molecule has 0 fully saturated rings. The molecule has 0 saturated carbocycles. The Labute approximate surface area is 102 Å². The van der Waals surface area contributed by atoms with Gasteiger partial charge in [-0.3, -0.25) is 4.79 Å². The standard InChI is InChI=1S/C11H9ClF2N2O/c1-7(16-10(17)11(12,13)14)9-4-2-8(6-15)3-5-9/h2-5,7H,1H3,(H,16,17)/t7-/m1/s1. The van der Waals surface area contributed by atoms with Crippen LogP contribution in [0.5, 0.6) is 0 Å². The number of carbonyl (C=O) groups excluding carboxylic acids is 1. The minimum absolute atomic E-state index is 0.454. The second-order valence-electron chi connectivity index (χ2n) is 3.43. The van der Waals surface area contributed by atoms with Crippen molar-refractivity contribution in [3.8, 4) is 6.07 Å². The van der Waals surface area contributed by atoms with Gasteiger partial charge in [-0.05, 0) is 36.2 Å². The van der Waals surface area contributed by atoms with Crippen LogP contribution in [-0.2, 0) is 4.79 Å². The van der Waals surface area contributed by atoms with Crippen LogP contribution in [0.15, 0.2) is 24.3 Å². The van der Waals surface area contributed by atoms with E-state index >= 15 is 0 Å². The molecule has 0 aliphatic carbocycles. The topological polar surface area (TPSA) is 52.9 Å². The number of alkyl halides is 3. The minimum atomic E-state index is -3.92. The lowest BCUT2D eigenvalue weighted by Gasteiger charge is -2.16. The first-order valence-electron chi connectivity index (χ1n) is 4.72. The SMILES string of the molecule is C[C@@H](NC(=O)C(F)(F)Cl)c1ccc(C#N)cc1. The van der Waals surface area contributed by atoms with Crippen LogP contribution < -0.4 is 5.32 Å². The van der Waals surface area contributed by atoms with E-state index in [2.05, 4.69) is 16.9 Å². The van der Waals surface area contributed by atoms with Crippen molar-refractivity contribution in [3.05, 3.63) is 35.4 Å². The Bertz CT molecular complexity index is 448. The highest BCUT2D eigenvalue weighted by molar-refractivity contribution is 6.32. The van der Waals surface area contributed by atoms with Crippen LogP contribution >= 0.6 is 11.6 Å². The number of benzene rings is 1. The average Bonchev–Trinajstić information content (AvgIpc) is 2.27. The number of nitriles is 1. The molecule has 6 heteroatoms. The number of hydrogen-bond donors (Lipinski definition) is 1. The zero-order valence-electron chi connectivity index (χ0n) is 8.88. The molecule has 0 heterocycles. The molecule has 1 aromatic carbocycles. The molecular weight excluding hydrogens is 250 g/mol. The first-order valence-corrected chi connectivity index (χ1v) is 5.10. The quantitative estimate of drug-likeness (QED) is 0.847. The fourth-order valence-corrected chi connectivity index (χ4v) is 1.26. The van der Waals surface area contributed by atoms with Gasteiger partial charge in [0.25, 0.3) is 0 Å². The van der Waals surface area contributed by atoms with Crippen LogP contribution in [0.3, 0.4) is 0 Å². The summed E-state index contributed by atoms with van der Waals surface area (Å²) in [4.78, 5) is 10.9. The fraction of sp³-hybridized carbons (Fsp3) is 0.273. The monoisotopic (exact) mass is 258 g/mol. The molecule has 0 aliphatic rings. The van der Waals surface area contributed by atoms with Gasteiger partial charge in [0.1, 0.15) is 0 Å². The Kier molecular flexibility index (Phi) is 4.02. The predicted molar refractivity (Wildman–Crippen MR) is 58.5 cm³/mol. The fourth-order valence-electron chi connectivity index (χ4n) is 1.21. The van der Waals surface area contributed by atoms with Crippen molar-refractivity contribution in [3.63, 3.8) is 0 Å². The van der Waals surface area contributed by atoms with E-state index in [4.69, 9.17) is 5.26 Å². The molecule has 0 spiro atoms. The summed E-state index contributed by atoms with van der Waals surface area (Å²) >= 11 is 4.57. The smallest absolute Gasteiger partial charge is 0.343 e. The van der Waals surface area contributed by atoms with E-state index < -0.39 is 17.3 Å². The molecule has 1 atom stereocenters. The molecule has 0 unspecified atom stereocenters. The summed E-state index contributed by atoms with van der Waals surface area (Å²) in [7, 11) is 0. The number of halogens is 3. The normalized spacial score (nSPS) is 12.6. The summed E-state index contributed by atoms with van der Waals surface area (Å²) in [6.07, 6.45) is 0. The zero-order valence-corrected chi connectivity index (χ0v) is 9.63. The molecule has 0 aromatic heterocycles. The third-order valence-corrected chi connectivity index (χ3v) is 2.32. The lowest BCUT2D eigenvalue weighted by molar-refractivity contribution is -0.136. The number of amides is 1. The number of rotatable bonds is 3. The van der Waals surface area contributed by atoms with E-state index in [0.717, 1.165) is 0 Å². The molecule has 17 heavy (non-hydrogen) atoms. The first kappa shape index (κ1) is 13.4. The van der Waals surface area contributed by atoms with E-state index in [9.17, 15) is 13.6 Å². The van der Waals surface area contributed by atoms with Gasteiger partial charge < -0.3 is 5.32 Å². The van der Waals surface area contributed by atoms with Gasteiger partial charge in [0, 0.05) is 0 Å². The number of hydrogen-bond acceptors (Lipinski definition) is 2. The maximum absolute atomic E-state index is 12.4. The Morgan fingerprint density at radius 3 is 2.41 bits per heavy atom. The van der Waals surface area contributed by atoms with Gasteiger partial charge in [0.05, 0.1) is 17.7 Å². The zero-order chi connectivity index (χ0) is 13.1. The van der Waals surface area contributed by atoms with Crippen LogP contribution in [-0.4, -0.2) is 11.3 Å². The number of carbonyl (C=O) groups is 1. The Balaban J connectivity index is 2.74. The van der Waals surface area contributed by atoms with Gasteiger partial charge in [0.15, 0.2) is 0 Å². The summed E-state index contributed by atoms with van der Waals surface area (Å²) in [6, 6.07) is 7.55. The van der Waals surface area contributed by atoms with Crippen molar-refractivity contribution in [1.29, 1.82) is 5.26 Å². The van der Waals surface area contributed by atoms with Crippen LogP contribution in [0, 0.1) is 11.3 Å². The molecule has 0 radical (unpaired) electrons. The summed E-state index contributed by atoms with van der Waals surface area (Å²) in [5.41, 5.74) is 1.06. The van der Waals surface area contributed by atoms with Gasteiger partial charge in [-0.1, -0.05) is 12.1 Å². The van der Waals surface area contributed by atoms with Crippen molar-refractivity contribution < 1.29 is 13.6 Å². The van der Waals surface area contributed by atoms with Crippen molar-refractivity contribution in [2.24, 2.45) is 0 Å². The maximum Gasteiger partial charge on any atom is 0.399 e. The average molecular weight is 259 g/mol. The third-order valence-electron chi connectivity index (χ3n) is 2.14. The van der Waals surface area contributed by atoms with Crippen molar-refractivity contribution in [1.82, 2.24) is 5.32 Å². The predicted octanol–water partition coefficient (Wildman–Crippen LogP) is 2.57. The summed E-state index contributed by atoms with van der Waals surface area (Å²) in [6.45, 7) is 1.54. The molecule has 0 saturated heterocycles. The lowest BCUT2D eigenvalue weighted by Crippen LogP contribution is -2.37. The molecule has 1 amide bonds. The number of nitrogens with one attached hydrogen (secondary N) is 1. The van der Waals surface area contributed by atoms with E-state index in [1.165, 1.54) is 12.1 Å². The number of nitrogens with zero attached hydrogens (tertiary/aromatic N) is 1. The minimum Gasteiger partial charge on any atom is -0.343 e. The third kappa shape index (κ3) is 3.68. The Hall–Kier alpha value is -1.67. The molecule has 90 valence electrons. The van der Waals surface area contributed by atoms with Gasteiger partial charge in [-0.15, -0.1) is 0 Å². The Morgan fingerprint density at radius 2 is 2.00 bits per heavy atom. The van der Waals surface area contributed by atoms with Crippen molar-refractivity contribution >= 4 is 17.5 Å². The Morgan fingerprint density at radius 1 is 1.47 bits per heavy atom. The molecule has 1 N–H and O–H groups in total. The lowest BCUT2D eigenvalue weighted by atomic mass is 10.1. The van der Waals surface area contributed by atoms with E-state index in [0.29, 0.717) is 11.1 Å². The van der Waals surface area contributed by atoms with Crippen LogP contribution in [0.2, 0.25) is 0 Å². The highest BCUT2D eigenvalue weighted by Gasteiger charge is 2.36. The van der Waals surface area contributed by atoms with Gasteiger partial charge in [-0.25, -0.2) is 0 Å². The van der Waals surface area contributed by atoms with E-state index in [1.54, 1.807) is 19.1 Å². The van der Waals surface area contributed by atoms with Gasteiger partial charge >= 0.3 is 11.3 Å². The first-order chi connectivity index (χ1) is 7.84.